The van der Waals surface area contributed by atoms with Gasteiger partial charge in [0.1, 0.15) is 5.82 Å². The van der Waals surface area contributed by atoms with Gasteiger partial charge >= 0.3 is 0 Å². The summed E-state index contributed by atoms with van der Waals surface area (Å²) in [7, 11) is -3.43. The topological polar surface area (TPSA) is 78.1 Å². The normalized spacial score (nSPS) is 24.2. The van der Waals surface area contributed by atoms with Crippen molar-refractivity contribution in [2.24, 2.45) is 0 Å². The molecule has 106 valence electrons. The molecule has 19 heavy (non-hydrogen) atoms. The lowest BCUT2D eigenvalue weighted by Gasteiger charge is -2.24. The molecule has 2 heterocycles. The minimum atomic E-state index is -3.43. The Kier molecular flexibility index (Phi) is 3.36. The SMILES string of the molecule is Cc1ncc(S(=O)(=O)N(CC2CCCN2)C2CC2)[nH]1. The van der Waals surface area contributed by atoms with Crippen LogP contribution in [-0.2, 0) is 10.0 Å². The number of H-pyrrole nitrogens is 1. The molecular weight excluding hydrogens is 264 g/mol. The van der Waals surface area contributed by atoms with Crippen molar-refractivity contribution in [2.75, 3.05) is 13.1 Å². The molecule has 0 radical (unpaired) electrons. The van der Waals surface area contributed by atoms with Gasteiger partial charge in [-0.05, 0) is 39.2 Å². The van der Waals surface area contributed by atoms with Crippen molar-refractivity contribution >= 4 is 10.0 Å². The lowest BCUT2D eigenvalue weighted by molar-refractivity contribution is 0.361. The van der Waals surface area contributed by atoms with Crippen LogP contribution >= 0.6 is 0 Å². The van der Waals surface area contributed by atoms with Gasteiger partial charge in [-0.15, -0.1) is 0 Å². The van der Waals surface area contributed by atoms with Crippen LogP contribution in [-0.4, -0.2) is 47.9 Å². The number of hydrogen-bond donors (Lipinski definition) is 2. The number of sulfonamides is 1. The van der Waals surface area contributed by atoms with E-state index < -0.39 is 10.0 Å². The van der Waals surface area contributed by atoms with E-state index >= 15 is 0 Å². The van der Waals surface area contributed by atoms with Gasteiger partial charge < -0.3 is 10.3 Å². The molecule has 1 aromatic heterocycles. The average Bonchev–Trinajstić information content (AvgIpc) is 2.88. The molecule has 1 saturated heterocycles. The van der Waals surface area contributed by atoms with E-state index in [-0.39, 0.29) is 11.1 Å². The molecule has 1 aliphatic carbocycles. The van der Waals surface area contributed by atoms with Crippen molar-refractivity contribution < 1.29 is 8.42 Å². The van der Waals surface area contributed by atoms with E-state index in [1.165, 1.54) is 6.20 Å². The molecule has 1 atom stereocenters. The van der Waals surface area contributed by atoms with Gasteiger partial charge in [-0.3, -0.25) is 0 Å². The highest BCUT2D eigenvalue weighted by atomic mass is 32.2. The number of aromatic nitrogens is 2. The standard InChI is InChI=1S/C12H20N4O2S/c1-9-14-7-12(15-9)19(17,18)16(11-4-5-11)8-10-3-2-6-13-10/h7,10-11,13H,2-6,8H2,1H3,(H,14,15). The third-order valence-corrected chi connectivity index (χ3v) is 5.61. The van der Waals surface area contributed by atoms with Gasteiger partial charge in [-0.25, -0.2) is 13.4 Å². The molecule has 3 rings (SSSR count). The summed E-state index contributed by atoms with van der Waals surface area (Å²) in [4.78, 5) is 6.84. The predicted molar refractivity (Wildman–Crippen MR) is 71.3 cm³/mol. The van der Waals surface area contributed by atoms with Gasteiger partial charge in [0.2, 0.25) is 0 Å². The monoisotopic (exact) mass is 284 g/mol. The van der Waals surface area contributed by atoms with Crippen LogP contribution in [0.2, 0.25) is 0 Å². The maximum atomic E-state index is 12.6. The van der Waals surface area contributed by atoms with E-state index in [9.17, 15) is 8.42 Å². The number of imidazole rings is 1. The smallest absolute Gasteiger partial charge is 0.260 e. The Morgan fingerprint density at radius 3 is 2.74 bits per heavy atom. The first-order valence-corrected chi connectivity index (χ1v) is 8.28. The molecule has 2 aliphatic rings. The second-order valence-corrected chi connectivity index (χ2v) is 7.29. The summed E-state index contributed by atoms with van der Waals surface area (Å²) in [6.07, 6.45) is 5.55. The molecule has 1 aliphatic heterocycles. The number of aryl methyl sites for hydroxylation is 1. The second-order valence-electron chi connectivity index (χ2n) is 5.43. The molecule has 1 aromatic rings. The van der Waals surface area contributed by atoms with E-state index in [1.807, 2.05) is 0 Å². The lowest BCUT2D eigenvalue weighted by Crippen LogP contribution is -2.42. The van der Waals surface area contributed by atoms with Gasteiger partial charge in [0.05, 0.1) is 6.20 Å². The molecule has 7 heteroatoms. The van der Waals surface area contributed by atoms with Crippen LogP contribution in [0.1, 0.15) is 31.5 Å². The van der Waals surface area contributed by atoms with E-state index in [4.69, 9.17) is 0 Å². The second kappa shape index (κ2) is 4.88. The van der Waals surface area contributed by atoms with Crippen molar-refractivity contribution in [3.63, 3.8) is 0 Å². The molecule has 2 N–H and O–H groups in total. The number of hydrogen-bond acceptors (Lipinski definition) is 4. The van der Waals surface area contributed by atoms with Crippen LogP contribution in [0.5, 0.6) is 0 Å². The van der Waals surface area contributed by atoms with E-state index in [2.05, 4.69) is 15.3 Å². The highest BCUT2D eigenvalue weighted by molar-refractivity contribution is 7.89. The zero-order chi connectivity index (χ0) is 13.5. The third-order valence-electron chi connectivity index (χ3n) is 3.78. The zero-order valence-electron chi connectivity index (χ0n) is 11.1. The fourth-order valence-corrected chi connectivity index (χ4v) is 4.29. The van der Waals surface area contributed by atoms with E-state index in [0.717, 1.165) is 32.2 Å². The van der Waals surface area contributed by atoms with Gasteiger partial charge in [0.25, 0.3) is 10.0 Å². The van der Waals surface area contributed by atoms with Crippen LogP contribution in [0.4, 0.5) is 0 Å². The highest BCUT2D eigenvalue weighted by Gasteiger charge is 2.40. The van der Waals surface area contributed by atoms with Gasteiger partial charge in [-0.1, -0.05) is 0 Å². The van der Waals surface area contributed by atoms with Crippen LogP contribution in [0.25, 0.3) is 0 Å². The molecular formula is C12H20N4O2S. The fraction of sp³-hybridized carbons (Fsp3) is 0.750. The van der Waals surface area contributed by atoms with Crippen LogP contribution in [0.3, 0.4) is 0 Å². The maximum Gasteiger partial charge on any atom is 0.260 e. The molecule has 2 fully saturated rings. The van der Waals surface area contributed by atoms with Crippen LogP contribution < -0.4 is 5.32 Å². The summed E-state index contributed by atoms with van der Waals surface area (Å²) < 4.78 is 26.9. The van der Waals surface area contributed by atoms with Crippen molar-refractivity contribution in [3.8, 4) is 0 Å². The summed E-state index contributed by atoms with van der Waals surface area (Å²) in [6.45, 7) is 3.33. The minimum absolute atomic E-state index is 0.177. The van der Waals surface area contributed by atoms with Crippen molar-refractivity contribution in [2.45, 2.75) is 49.7 Å². The quantitative estimate of drug-likeness (QED) is 0.831. The minimum Gasteiger partial charge on any atom is -0.332 e. The summed E-state index contributed by atoms with van der Waals surface area (Å²) in [5.41, 5.74) is 0. The summed E-state index contributed by atoms with van der Waals surface area (Å²) in [5.74, 6) is 0.633. The highest BCUT2D eigenvalue weighted by Crippen LogP contribution is 2.32. The lowest BCUT2D eigenvalue weighted by atomic mass is 10.2. The largest absolute Gasteiger partial charge is 0.332 e. The molecule has 6 nitrogen and oxygen atoms in total. The van der Waals surface area contributed by atoms with E-state index in [0.29, 0.717) is 18.4 Å². The molecule has 1 saturated carbocycles. The van der Waals surface area contributed by atoms with Gasteiger partial charge in [-0.2, -0.15) is 4.31 Å². The average molecular weight is 284 g/mol. The number of nitrogens with zero attached hydrogens (tertiary/aromatic N) is 2. The van der Waals surface area contributed by atoms with Crippen LogP contribution in [0.15, 0.2) is 11.2 Å². The molecule has 1 unspecified atom stereocenters. The molecule has 0 spiro atoms. The van der Waals surface area contributed by atoms with Crippen molar-refractivity contribution in [1.82, 2.24) is 19.6 Å². The Balaban J connectivity index is 1.82. The van der Waals surface area contributed by atoms with Gasteiger partial charge in [0, 0.05) is 18.6 Å². The summed E-state index contributed by atoms with van der Waals surface area (Å²) in [6, 6.07) is 0.468. The third kappa shape index (κ3) is 2.68. The van der Waals surface area contributed by atoms with Gasteiger partial charge in [0.15, 0.2) is 5.03 Å². The summed E-state index contributed by atoms with van der Waals surface area (Å²) in [5, 5.41) is 3.58. The van der Waals surface area contributed by atoms with Crippen LogP contribution in [0, 0.1) is 6.92 Å². The Morgan fingerprint density at radius 2 is 2.21 bits per heavy atom. The Morgan fingerprint density at radius 1 is 1.42 bits per heavy atom. The molecule has 0 bridgehead atoms. The van der Waals surface area contributed by atoms with Crippen molar-refractivity contribution in [1.29, 1.82) is 0 Å². The summed E-state index contributed by atoms with van der Waals surface area (Å²) >= 11 is 0. The first-order chi connectivity index (χ1) is 9.07. The Bertz CT molecular complexity index is 544. The fourth-order valence-electron chi connectivity index (χ4n) is 2.59. The molecule has 0 aromatic carbocycles. The zero-order valence-corrected chi connectivity index (χ0v) is 11.9. The number of aromatic amines is 1. The number of rotatable bonds is 5. The first kappa shape index (κ1) is 13.1. The van der Waals surface area contributed by atoms with Crippen molar-refractivity contribution in [3.05, 3.63) is 12.0 Å². The maximum absolute atomic E-state index is 12.6. The first-order valence-electron chi connectivity index (χ1n) is 6.84. The predicted octanol–water partition coefficient (Wildman–Crippen LogP) is 0.623. The van der Waals surface area contributed by atoms with E-state index in [1.54, 1.807) is 11.2 Å². The Labute approximate surface area is 113 Å². The Hall–Kier alpha value is -0.920. The molecule has 0 amide bonds. The number of nitrogens with one attached hydrogen (secondary N) is 2.